The molecule has 1 rings (SSSR count). The van der Waals surface area contributed by atoms with E-state index in [0.717, 1.165) is 16.9 Å². The summed E-state index contributed by atoms with van der Waals surface area (Å²) in [7, 11) is 0. The van der Waals surface area contributed by atoms with Crippen molar-refractivity contribution < 1.29 is 9.84 Å². The molecule has 0 aliphatic heterocycles. The van der Waals surface area contributed by atoms with E-state index >= 15 is 0 Å². The van der Waals surface area contributed by atoms with Gasteiger partial charge in [-0.1, -0.05) is 18.7 Å². The second kappa shape index (κ2) is 5.53. The molecule has 0 radical (unpaired) electrons. The van der Waals surface area contributed by atoms with Crippen LogP contribution in [0.5, 0.6) is 5.75 Å². The van der Waals surface area contributed by atoms with Crippen LogP contribution in [0.4, 0.5) is 0 Å². The maximum Gasteiger partial charge on any atom is 0.120 e. The summed E-state index contributed by atoms with van der Waals surface area (Å²) in [5, 5.41) is 9.53. The lowest BCUT2D eigenvalue weighted by atomic mass is 10.1. The molecule has 0 saturated heterocycles. The van der Waals surface area contributed by atoms with Crippen molar-refractivity contribution in [3.05, 3.63) is 42.0 Å². The normalized spacial score (nSPS) is 12.2. The molecule has 15 heavy (non-hydrogen) atoms. The van der Waals surface area contributed by atoms with E-state index in [9.17, 15) is 5.11 Å². The second-order valence-electron chi connectivity index (χ2n) is 3.57. The topological polar surface area (TPSA) is 55.5 Å². The van der Waals surface area contributed by atoms with E-state index in [0.29, 0.717) is 6.61 Å². The van der Waals surface area contributed by atoms with Gasteiger partial charge in [0.15, 0.2) is 0 Å². The fourth-order valence-electron chi connectivity index (χ4n) is 1.15. The minimum atomic E-state index is -0.627. The van der Waals surface area contributed by atoms with Gasteiger partial charge < -0.3 is 15.6 Å². The number of ether oxygens (including phenoxy) is 1. The minimum Gasteiger partial charge on any atom is -0.489 e. The molecule has 1 aromatic carbocycles. The zero-order valence-electron chi connectivity index (χ0n) is 8.94. The Morgan fingerprint density at radius 2 is 2.33 bits per heavy atom. The highest BCUT2D eigenvalue weighted by molar-refractivity contribution is 5.30. The third-order valence-corrected chi connectivity index (χ3v) is 1.95. The van der Waals surface area contributed by atoms with Crippen LogP contribution in [0.2, 0.25) is 0 Å². The highest BCUT2D eigenvalue weighted by Crippen LogP contribution is 2.18. The predicted molar refractivity (Wildman–Crippen MR) is 60.8 cm³/mol. The standard InChI is InChI=1S/C12H17NO2/c1-9(2)8-15-11-5-3-4-10(6-11)12(14)7-13/h3-6,12,14H,1,7-8,13H2,2H3. The first-order chi connectivity index (χ1) is 7.13. The summed E-state index contributed by atoms with van der Waals surface area (Å²) < 4.78 is 5.45. The molecule has 3 heteroatoms. The van der Waals surface area contributed by atoms with Gasteiger partial charge in [0, 0.05) is 6.54 Å². The zero-order chi connectivity index (χ0) is 11.3. The fraction of sp³-hybridized carbons (Fsp3) is 0.333. The Morgan fingerprint density at radius 1 is 1.60 bits per heavy atom. The van der Waals surface area contributed by atoms with Crippen LogP contribution in [0.3, 0.4) is 0 Å². The molecule has 3 nitrogen and oxygen atoms in total. The van der Waals surface area contributed by atoms with Crippen molar-refractivity contribution in [1.29, 1.82) is 0 Å². The van der Waals surface area contributed by atoms with Crippen LogP contribution in [-0.4, -0.2) is 18.3 Å². The number of rotatable bonds is 5. The Hall–Kier alpha value is -1.32. The Bertz CT molecular complexity index is 336. The SMILES string of the molecule is C=C(C)COc1cccc(C(O)CN)c1. The zero-order valence-corrected chi connectivity index (χ0v) is 8.94. The Kier molecular flexibility index (Phi) is 4.34. The van der Waals surface area contributed by atoms with E-state index in [4.69, 9.17) is 10.5 Å². The molecule has 0 amide bonds. The van der Waals surface area contributed by atoms with Crippen molar-refractivity contribution in [2.24, 2.45) is 5.73 Å². The van der Waals surface area contributed by atoms with Crippen molar-refractivity contribution in [2.75, 3.05) is 13.2 Å². The van der Waals surface area contributed by atoms with Crippen molar-refractivity contribution in [3.63, 3.8) is 0 Å². The van der Waals surface area contributed by atoms with E-state index in [2.05, 4.69) is 6.58 Å². The molecule has 1 aromatic rings. The Morgan fingerprint density at radius 3 is 2.93 bits per heavy atom. The molecule has 3 N–H and O–H groups in total. The maximum atomic E-state index is 9.53. The molecule has 0 bridgehead atoms. The van der Waals surface area contributed by atoms with Crippen molar-refractivity contribution in [1.82, 2.24) is 0 Å². The van der Waals surface area contributed by atoms with Crippen molar-refractivity contribution >= 4 is 0 Å². The van der Waals surface area contributed by atoms with E-state index in [-0.39, 0.29) is 6.54 Å². The number of nitrogens with two attached hydrogens (primary N) is 1. The quantitative estimate of drug-likeness (QED) is 0.721. The van der Waals surface area contributed by atoms with Gasteiger partial charge in [0.2, 0.25) is 0 Å². The molecule has 1 unspecified atom stereocenters. The fourth-order valence-corrected chi connectivity index (χ4v) is 1.15. The Balaban J connectivity index is 2.69. The summed E-state index contributed by atoms with van der Waals surface area (Å²) in [6.45, 7) is 6.35. The van der Waals surface area contributed by atoms with Crippen LogP contribution in [0.15, 0.2) is 36.4 Å². The highest BCUT2D eigenvalue weighted by atomic mass is 16.5. The van der Waals surface area contributed by atoms with Gasteiger partial charge in [-0.05, 0) is 30.2 Å². The molecule has 0 aliphatic carbocycles. The highest BCUT2D eigenvalue weighted by Gasteiger charge is 2.05. The van der Waals surface area contributed by atoms with Gasteiger partial charge in [0.05, 0.1) is 6.10 Å². The van der Waals surface area contributed by atoms with Crippen LogP contribution in [0.25, 0.3) is 0 Å². The number of hydrogen-bond acceptors (Lipinski definition) is 3. The second-order valence-corrected chi connectivity index (χ2v) is 3.57. The van der Waals surface area contributed by atoms with E-state index in [1.54, 1.807) is 6.07 Å². The first-order valence-electron chi connectivity index (χ1n) is 4.88. The van der Waals surface area contributed by atoms with Gasteiger partial charge in [-0.15, -0.1) is 0 Å². The van der Waals surface area contributed by atoms with Crippen LogP contribution in [-0.2, 0) is 0 Å². The molecular formula is C12H17NO2. The van der Waals surface area contributed by atoms with Crippen LogP contribution < -0.4 is 10.5 Å². The maximum absolute atomic E-state index is 9.53. The molecule has 1 atom stereocenters. The third-order valence-electron chi connectivity index (χ3n) is 1.95. The van der Waals surface area contributed by atoms with Crippen LogP contribution in [0.1, 0.15) is 18.6 Å². The van der Waals surface area contributed by atoms with Gasteiger partial charge in [-0.2, -0.15) is 0 Å². The number of aliphatic hydroxyl groups excluding tert-OH is 1. The van der Waals surface area contributed by atoms with E-state index < -0.39 is 6.10 Å². The molecule has 0 heterocycles. The van der Waals surface area contributed by atoms with Crippen LogP contribution >= 0.6 is 0 Å². The lowest BCUT2D eigenvalue weighted by molar-refractivity contribution is 0.186. The largest absolute Gasteiger partial charge is 0.489 e. The molecule has 0 spiro atoms. The Labute approximate surface area is 90.2 Å². The summed E-state index contributed by atoms with van der Waals surface area (Å²) >= 11 is 0. The number of hydrogen-bond donors (Lipinski definition) is 2. The lowest BCUT2D eigenvalue weighted by Gasteiger charge is -2.10. The van der Waals surface area contributed by atoms with Gasteiger partial charge in [0.1, 0.15) is 12.4 Å². The third kappa shape index (κ3) is 3.73. The van der Waals surface area contributed by atoms with Crippen molar-refractivity contribution in [2.45, 2.75) is 13.0 Å². The minimum absolute atomic E-state index is 0.212. The molecule has 0 aromatic heterocycles. The summed E-state index contributed by atoms with van der Waals surface area (Å²) in [5.41, 5.74) is 7.10. The smallest absolute Gasteiger partial charge is 0.120 e. The average Bonchev–Trinajstić information content (AvgIpc) is 2.25. The number of benzene rings is 1. The molecule has 0 aliphatic rings. The van der Waals surface area contributed by atoms with Gasteiger partial charge >= 0.3 is 0 Å². The summed E-state index contributed by atoms with van der Waals surface area (Å²) in [6, 6.07) is 7.29. The predicted octanol–water partition coefficient (Wildman–Crippen LogP) is 1.63. The summed E-state index contributed by atoms with van der Waals surface area (Å²) in [5.74, 6) is 0.725. The number of aliphatic hydroxyl groups is 1. The van der Waals surface area contributed by atoms with Crippen molar-refractivity contribution in [3.8, 4) is 5.75 Å². The molecule has 82 valence electrons. The summed E-state index contributed by atoms with van der Waals surface area (Å²) in [4.78, 5) is 0. The molecular weight excluding hydrogens is 190 g/mol. The lowest BCUT2D eigenvalue weighted by Crippen LogP contribution is -2.11. The molecule has 0 fully saturated rings. The van der Waals surface area contributed by atoms with Gasteiger partial charge in [0.25, 0.3) is 0 Å². The first-order valence-corrected chi connectivity index (χ1v) is 4.88. The van der Waals surface area contributed by atoms with E-state index in [1.165, 1.54) is 0 Å². The molecule has 0 saturated carbocycles. The van der Waals surface area contributed by atoms with Gasteiger partial charge in [-0.25, -0.2) is 0 Å². The first kappa shape index (κ1) is 11.8. The van der Waals surface area contributed by atoms with E-state index in [1.807, 2.05) is 25.1 Å². The average molecular weight is 207 g/mol. The van der Waals surface area contributed by atoms with Crippen LogP contribution in [0, 0.1) is 0 Å². The summed E-state index contributed by atoms with van der Waals surface area (Å²) in [6.07, 6.45) is -0.627. The van der Waals surface area contributed by atoms with Gasteiger partial charge in [-0.3, -0.25) is 0 Å². The monoisotopic (exact) mass is 207 g/mol.